The molecular formula is C14H15ClN2O5. The van der Waals surface area contributed by atoms with E-state index in [-0.39, 0.29) is 29.6 Å². The molecule has 0 spiro atoms. The average Bonchev–Trinajstić information content (AvgIpc) is 2.49. The summed E-state index contributed by atoms with van der Waals surface area (Å²) in [7, 11) is 0. The van der Waals surface area contributed by atoms with E-state index in [0.29, 0.717) is 24.9 Å². The highest BCUT2D eigenvalue weighted by Crippen LogP contribution is 2.24. The van der Waals surface area contributed by atoms with Gasteiger partial charge < -0.3 is 10.0 Å². The first-order chi connectivity index (χ1) is 10.4. The molecule has 22 heavy (non-hydrogen) atoms. The van der Waals surface area contributed by atoms with Gasteiger partial charge >= 0.3 is 5.97 Å². The number of carboxylic acids is 1. The van der Waals surface area contributed by atoms with Crippen molar-refractivity contribution < 1.29 is 19.6 Å². The zero-order chi connectivity index (χ0) is 16.3. The number of non-ortho nitro benzene ring substituents is 1. The molecule has 0 aliphatic carbocycles. The van der Waals surface area contributed by atoms with E-state index in [0.717, 1.165) is 0 Å². The van der Waals surface area contributed by atoms with Gasteiger partial charge in [0.05, 0.1) is 22.3 Å². The molecule has 1 aromatic rings. The van der Waals surface area contributed by atoms with Crippen molar-refractivity contribution >= 4 is 29.2 Å². The lowest BCUT2D eigenvalue weighted by atomic mass is 9.97. The molecule has 8 heteroatoms. The summed E-state index contributed by atoms with van der Waals surface area (Å²) in [6.07, 6.45) is 1.22. The van der Waals surface area contributed by atoms with Crippen LogP contribution in [-0.2, 0) is 16.0 Å². The van der Waals surface area contributed by atoms with Gasteiger partial charge in [0.2, 0.25) is 5.91 Å². The van der Waals surface area contributed by atoms with E-state index in [2.05, 4.69) is 0 Å². The van der Waals surface area contributed by atoms with Crippen LogP contribution in [0.25, 0.3) is 0 Å². The van der Waals surface area contributed by atoms with Crippen LogP contribution in [0.15, 0.2) is 18.2 Å². The fourth-order valence-corrected chi connectivity index (χ4v) is 2.71. The number of hydrogen-bond acceptors (Lipinski definition) is 4. The highest BCUT2D eigenvalue weighted by Gasteiger charge is 2.28. The van der Waals surface area contributed by atoms with E-state index in [1.165, 1.54) is 23.1 Å². The summed E-state index contributed by atoms with van der Waals surface area (Å²) in [5.41, 5.74) is 0.361. The van der Waals surface area contributed by atoms with Gasteiger partial charge in [0.25, 0.3) is 5.69 Å². The van der Waals surface area contributed by atoms with Gasteiger partial charge in [-0.2, -0.15) is 0 Å². The van der Waals surface area contributed by atoms with Gasteiger partial charge in [-0.1, -0.05) is 17.7 Å². The molecule has 0 bridgehead atoms. The Bertz CT molecular complexity index is 619. The molecule has 1 unspecified atom stereocenters. The maximum absolute atomic E-state index is 12.2. The summed E-state index contributed by atoms with van der Waals surface area (Å²) >= 11 is 5.97. The second-order valence-corrected chi connectivity index (χ2v) is 5.63. The van der Waals surface area contributed by atoms with Crippen molar-refractivity contribution in [1.82, 2.24) is 4.90 Å². The van der Waals surface area contributed by atoms with E-state index in [9.17, 15) is 19.7 Å². The zero-order valence-corrected chi connectivity index (χ0v) is 12.5. The van der Waals surface area contributed by atoms with Gasteiger partial charge in [-0.3, -0.25) is 19.7 Å². The van der Waals surface area contributed by atoms with Crippen molar-refractivity contribution in [2.75, 3.05) is 13.1 Å². The van der Waals surface area contributed by atoms with Gasteiger partial charge in [-0.25, -0.2) is 0 Å². The smallest absolute Gasteiger partial charge is 0.308 e. The van der Waals surface area contributed by atoms with Crippen molar-refractivity contribution in [2.45, 2.75) is 19.3 Å². The summed E-state index contributed by atoms with van der Waals surface area (Å²) < 4.78 is 0. The molecule has 0 radical (unpaired) electrons. The van der Waals surface area contributed by atoms with E-state index < -0.39 is 16.8 Å². The molecular weight excluding hydrogens is 312 g/mol. The van der Waals surface area contributed by atoms with Crippen LogP contribution in [0.5, 0.6) is 0 Å². The number of benzene rings is 1. The molecule has 2 rings (SSSR count). The number of carboxylic acid groups (broad SMARTS) is 1. The van der Waals surface area contributed by atoms with Crippen LogP contribution in [0, 0.1) is 16.0 Å². The van der Waals surface area contributed by atoms with Crippen molar-refractivity contribution in [1.29, 1.82) is 0 Å². The first-order valence-electron chi connectivity index (χ1n) is 6.82. The largest absolute Gasteiger partial charge is 0.481 e. The summed E-state index contributed by atoms with van der Waals surface area (Å²) in [5.74, 6) is -1.65. The van der Waals surface area contributed by atoms with Crippen molar-refractivity contribution in [3.05, 3.63) is 38.9 Å². The maximum atomic E-state index is 12.2. The SMILES string of the molecule is O=C(O)C1CCCN(C(=O)Cc2ccc([N+](=O)[O-])cc2Cl)C1. The van der Waals surface area contributed by atoms with Gasteiger partial charge in [-0.05, 0) is 18.4 Å². The Hall–Kier alpha value is -2.15. The highest BCUT2D eigenvalue weighted by atomic mass is 35.5. The second kappa shape index (κ2) is 6.74. The summed E-state index contributed by atoms with van der Waals surface area (Å²) in [4.78, 5) is 34.9. The lowest BCUT2D eigenvalue weighted by Gasteiger charge is -2.30. The second-order valence-electron chi connectivity index (χ2n) is 5.23. The van der Waals surface area contributed by atoms with Gasteiger partial charge in [-0.15, -0.1) is 0 Å². The van der Waals surface area contributed by atoms with E-state index in [1.54, 1.807) is 0 Å². The number of aliphatic carboxylic acids is 1. The summed E-state index contributed by atoms with van der Waals surface area (Å²) in [6, 6.07) is 3.96. The molecule has 1 heterocycles. The van der Waals surface area contributed by atoms with Gasteiger partial charge in [0, 0.05) is 25.2 Å². The first-order valence-corrected chi connectivity index (χ1v) is 7.19. The predicted octanol–water partition coefficient (Wildman–Crippen LogP) is 2.11. The molecule has 1 aromatic carbocycles. The van der Waals surface area contributed by atoms with Crippen molar-refractivity contribution in [2.24, 2.45) is 5.92 Å². The summed E-state index contributed by atoms with van der Waals surface area (Å²) in [6.45, 7) is 0.714. The standard InChI is InChI=1S/C14H15ClN2O5/c15-12-7-11(17(21)22)4-3-9(12)6-13(18)16-5-1-2-10(8-16)14(19)20/h3-4,7,10H,1-2,5-6,8H2,(H,19,20). The number of halogens is 1. The Kier molecular flexibility index (Phi) is 4.97. The number of carbonyl (C=O) groups is 2. The van der Waals surface area contributed by atoms with E-state index in [4.69, 9.17) is 16.7 Å². The Morgan fingerprint density at radius 3 is 2.77 bits per heavy atom. The van der Waals surface area contributed by atoms with Crippen molar-refractivity contribution in [3.63, 3.8) is 0 Å². The maximum Gasteiger partial charge on any atom is 0.308 e. The third-order valence-corrected chi connectivity index (χ3v) is 4.06. The number of rotatable bonds is 4. The fraction of sp³-hybridized carbons (Fsp3) is 0.429. The number of amides is 1. The quantitative estimate of drug-likeness (QED) is 0.674. The van der Waals surface area contributed by atoms with Gasteiger partial charge in [0.1, 0.15) is 0 Å². The molecule has 0 aromatic heterocycles. The highest BCUT2D eigenvalue weighted by molar-refractivity contribution is 6.31. The first kappa shape index (κ1) is 16.2. The fourth-order valence-electron chi connectivity index (χ4n) is 2.47. The number of likely N-dealkylation sites (tertiary alicyclic amines) is 1. The molecule has 1 amide bonds. The Morgan fingerprint density at radius 2 is 2.18 bits per heavy atom. The Morgan fingerprint density at radius 1 is 1.45 bits per heavy atom. The zero-order valence-electron chi connectivity index (χ0n) is 11.7. The normalized spacial score (nSPS) is 18.0. The van der Waals surface area contributed by atoms with Gasteiger partial charge in [0.15, 0.2) is 0 Å². The minimum Gasteiger partial charge on any atom is -0.481 e. The average molecular weight is 327 g/mol. The van der Waals surface area contributed by atoms with E-state index in [1.807, 2.05) is 0 Å². The molecule has 1 atom stereocenters. The molecule has 1 aliphatic rings. The molecule has 1 aliphatic heterocycles. The van der Waals surface area contributed by atoms with Crippen LogP contribution in [0.1, 0.15) is 18.4 Å². The molecule has 1 saturated heterocycles. The lowest BCUT2D eigenvalue weighted by molar-refractivity contribution is -0.384. The topological polar surface area (TPSA) is 101 Å². The van der Waals surface area contributed by atoms with Crippen LogP contribution in [-0.4, -0.2) is 39.9 Å². The number of nitro benzene ring substituents is 1. The van der Waals surface area contributed by atoms with Crippen molar-refractivity contribution in [3.8, 4) is 0 Å². The van der Waals surface area contributed by atoms with Crippen LogP contribution >= 0.6 is 11.6 Å². The third-order valence-electron chi connectivity index (χ3n) is 3.71. The monoisotopic (exact) mass is 326 g/mol. The number of hydrogen-bond donors (Lipinski definition) is 1. The molecule has 1 fully saturated rings. The summed E-state index contributed by atoms with van der Waals surface area (Å²) in [5, 5.41) is 19.8. The van der Waals surface area contributed by atoms with Crippen LogP contribution < -0.4 is 0 Å². The van der Waals surface area contributed by atoms with Crippen LogP contribution in [0.3, 0.4) is 0 Å². The van der Waals surface area contributed by atoms with Crippen LogP contribution in [0.2, 0.25) is 5.02 Å². The minimum absolute atomic E-state index is 0.00314. The van der Waals surface area contributed by atoms with E-state index >= 15 is 0 Å². The van der Waals surface area contributed by atoms with Crippen LogP contribution in [0.4, 0.5) is 5.69 Å². The minimum atomic E-state index is -0.897. The molecule has 1 N–H and O–H groups in total. The number of piperidine rings is 1. The number of carbonyl (C=O) groups excluding carboxylic acids is 1. The Labute approximate surface area is 131 Å². The molecule has 118 valence electrons. The lowest BCUT2D eigenvalue weighted by Crippen LogP contribution is -2.43. The Balaban J connectivity index is 2.05. The molecule has 7 nitrogen and oxygen atoms in total. The third kappa shape index (κ3) is 3.73. The predicted molar refractivity (Wildman–Crippen MR) is 78.8 cm³/mol. The number of nitro groups is 1. The number of nitrogens with zero attached hydrogens (tertiary/aromatic N) is 2. The molecule has 0 saturated carbocycles.